The third-order valence-corrected chi connectivity index (χ3v) is 8.04. The first-order valence-electron chi connectivity index (χ1n) is 13.4. The summed E-state index contributed by atoms with van der Waals surface area (Å²) < 4.78 is 32.0. The summed E-state index contributed by atoms with van der Waals surface area (Å²) in [4.78, 5) is 14.4. The van der Waals surface area contributed by atoms with Crippen molar-refractivity contribution in [2.45, 2.75) is 47.6 Å². The van der Waals surface area contributed by atoms with Crippen LogP contribution in [-0.2, 0) is 30.3 Å². The van der Waals surface area contributed by atoms with Crippen LogP contribution in [0.1, 0.15) is 27.8 Å². The molecule has 1 unspecified atom stereocenters. The molecule has 4 aromatic carbocycles. The molecule has 0 saturated carbocycles. The van der Waals surface area contributed by atoms with Crippen LogP contribution in [0, 0.1) is 0 Å². The summed E-state index contributed by atoms with van der Waals surface area (Å²) in [6.07, 6.45) is -2.88. The molecule has 0 bridgehead atoms. The number of fused-ring (bicyclic) bond motifs is 1. The lowest BCUT2D eigenvalue weighted by atomic mass is 9.98. The first-order valence-corrected chi connectivity index (χ1v) is 14.2. The highest BCUT2D eigenvalue weighted by Gasteiger charge is 2.52. The smallest absolute Gasteiger partial charge is 0.338 e. The molecule has 7 heteroatoms. The van der Waals surface area contributed by atoms with E-state index in [1.54, 1.807) is 12.1 Å². The molecule has 40 heavy (non-hydrogen) atoms. The molecule has 0 N–H and O–H groups in total. The lowest BCUT2D eigenvalue weighted by molar-refractivity contribution is -0.324. The van der Waals surface area contributed by atoms with E-state index in [4.69, 9.17) is 23.7 Å². The largest absolute Gasteiger partial charge is 0.452 e. The summed E-state index contributed by atoms with van der Waals surface area (Å²) in [5.74, 6) is -0.439. The molecule has 2 aliphatic heterocycles. The topological polar surface area (TPSA) is 63.2 Å². The van der Waals surface area contributed by atoms with Gasteiger partial charge in [-0.2, -0.15) is 0 Å². The van der Waals surface area contributed by atoms with E-state index in [0.29, 0.717) is 18.8 Å². The number of thioether (sulfide) groups is 1. The molecular formula is C33H30O6S. The maximum atomic E-state index is 13.4. The Morgan fingerprint density at radius 3 is 2.08 bits per heavy atom. The van der Waals surface area contributed by atoms with E-state index in [2.05, 4.69) is 0 Å². The minimum absolute atomic E-state index is 0.320. The van der Waals surface area contributed by atoms with Gasteiger partial charge in [0.1, 0.15) is 23.7 Å². The van der Waals surface area contributed by atoms with Gasteiger partial charge in [-0.1, -0.05) is 109 Å². The molecule has 6 nitrogen and oxygen atoms in total. The van der Waals surface area contributed by atoms with Gasteiger partial charge >= 0.3 is 5.97 Å². The van der Waals surface area contributed by atoms with Crippen LogP contribution in [-0.4, -0.2) is 42.4 Å². The number of carbonyl (C=O) groups excluding carboxylic acids is 1. The molecule has 2 aliphatic rings. The Hall–Kier alpha value is -3.46. The van der Waals surface area contributed by atoms with Gasteiger partial charge in [-0.3, -0.25) is 0 Å². The van der Waals surface area contributed by atoms with Crippen LogP contribution >= 0.6 is 11.8 Å². The van der Waals surface area contributed by atoms with Gasteiger partial charge in [0.05, 0.1) is 18.8 Å². The maximum Gasteiger partial charge on any atom is 0.338 e. The van der Waals surface area contributed by atoms with Crippen molar-refractivity contribution in [3.8, 4) is 0 Å². The Bertz CT molecular complexity index is 1360. The number of hydrogen-bond donors (Lipinski definition) is 0. The minimum Gasteiger partial charge on any atom is -0.452 e. The van der Waals surface area contributed by atoms with E-state index in [0.717, 1.165) is 16.0 Å². The molecule has 0 spiro atoms. The van der Waals surface area contributed by atoms with Crippen LogP contribution in [0.25, 0.3) is 0 Å². The molecule has 6 atom stereocenters. The van der Waals surface area contributed by atoms with E-state index in [9.17, 15) is 4.79 Å². The molecule has 2 saturated heterocycles. The van der Waals surface area contributed by atoms with Gasteiger partial charge in [-0.25, -0.2) is 4.79 Å². The van der Waals surface area contributed by atoms with E-state index in [-0.39, 0.29) is 0 Å². The quantitative estimate of drug-likeness (QED) is 0.233. The van der Waals surface area contributed by atoms with Gasteiger partial charge in [0, 0.05) is 10.5 Å². The van der Waals surface area contributed by atoms with Gasteiger partial charge in [0.15, 0.2) is 12.4 Å². The number of rotatable bonds is 8. The fourth-order valence-corrected chi connectivity index (χ4v) is 6.03. The summed E-state index contributed by atoms with van der Waals surface area (Å²) >= 11 is 1.50. The monoisotopic (exact) mass is 554 g/mol. The third kappa shape index (κ3) is 6.30. The lowest BCUT2D eigenvalue weighted by Gasteiger charge is -2.48. The van der Waals surface area contributed by atoms with Gasteiger partial charge < -0.3 is 23.7 Å². The van der Waals surface area contributed by atoms with Crippen molar-refractivity contribution in [1.82, 2.24) is 0 Å². The molecule has 0 aliphatic carbocycles. The second-order valence-corrected chi connectivity index (χ2v) is 10.8. The molecule has 0 amide bonds. The Balaban J connectivity index is 1.33. The van der Waals surface area contributed by atoms with Gasteiger partial charge in [-0.05, 0) is 29.8 Å². The van der Waals surface area contributed by atoms with Crippen LogP contribution in [0.2, 0.25) is 0 Å². The fraction of sp³-hybridized carbons (Fsp3) is 0.242. The van der Waals surface area contributed by atoms with Crippen molar-refractivity contribution < 1.29 is 28.5 Å². The number of benzene rings is 4. The van der Waals surface area contributed by atoms with Crippen molar-refractivity contribution in [3.63, 3.8) is 0 Å². The molecular weight excluding hydrogens is 524 g/mol. The molecule has 2 fully saturated rings. The molecule has 2 heterocycles. The normalized spacial score (nSPS) is 26.0. The highest BCUT2D eigenvalue weighted by molar-refractivity contribution is 7.99. The van der Waals surface area contributed by atoms with Gasteiger partial charge in [-0.15, -0.1) is 0 Å². The Labute approximate surface area is 238 Å². The van der Waals surface area contributed by atoms with E-state index >= 15 is 0 Å². The van der Waals surface area contributed by atoms with E-state index < -0.39 is 42.1 Å². The maximum absolute atomic E-state index is 13.4. The Morgan fingerprint density at radius 1 is 0.750 bits per heavy atom. The highest BCUT2D eigenvalue weighted by atomic mass is 32.2. The molecule has 6 rings (SSSR count). The van der Waals surface area contributed by atoms with Crippen molar-refractivity contribution in [1.29, 1.82) is 0 Å². The van der Waals surface area contributed by atoms with Crippen molar-refractivity contribution in [2.75, 3.05) is 6.61 Å². The number of esters is 1. The van der Waals surface area contributed by atoms with Crippen LogP contribution < -0.4 is 0 Å². The predicted octanol–water partition coefficient (Wildman–Crippen LogP) is 6.43. The Morgan fingerprint density at radius 2 is 1.38 bits per heavy atom. The SMILES string of the molecule is O=C(O[C@@H]1[C@@H](OCc2ccccc2)[C@@H]2OC(c3ccccc3)OC[C@H]2O[C@H]1Sc1ccccc1)c1ccccc1. The van der Waals surface area contributed by atoms with Gasteiger partial charge in [0.2, 0.25) is 0 Å². The summed E-state index contributed by atoms with van der Waals surface area (Å²) in [5, 5.41) is 0. The zero-order chi connectivity index (χ0) is 27.1. The first-order chi connectivity index (χ1) is 19.7. The summed E-state index contributed by atoms with van der Waals surface area (Å²) in [6.45, 7) is 0.650. The number of hydrogen-bond acceptors (Lipinski definition) is 7. The predicted molar refractivity (Wildman–Crippen MR) is 152 cm³/mol. The third-order valence-electron chi connectivity index (χ3n) is 6.89. The zero-order valence-corrected chi connectivity index (χ0v) is 22.6. The van der Waals surface area contributed by atoms with Crippen LogP contribution in [0.15, 0.2) is 126 Å². The number of carbonyl (C=O) groups is 1. The molecule has 0 radical (unpaired) electrons. The van der Waals surface area contributed by atoms with Crippen molar-refractivity contribution in [3.05, 3.63) is 138 Å². The summed E-state index contributed by atoms with van der Waals surface area (Å²) in [6, 6.07) is 38.6. The fourth-order valence-electron chi connectivity index (χ4n) is 4.90. The van der Waals surface area contributed by atoms with Crippen LogP contribution in [0.5, 0.6) is 0 Å². The van der Waals surface area contributed by atoms with Crippen molar-refractivity contribution in [2.24, 2.45) is 0 Å². The first kappa shape index (κ1) is 26.7. The van der Waals surface area contributed by atoms with E-state index in [1.165, 1.54) is 11.8 Å². The zero-order valence-electron chi connectivity index (χ0n) is 21.8. The second kappa shape index (κ2) is 12.8. The molecule has 0 aromatic heterocycles. The van der Waals surface area contributed by atoms with Crippen molar-refractivity contribution >= 4 is 17.7 Å². The summed E-state index contributed by atoms with van der Waals surface area (Å²) in [7, 11) is 0. The van der Waals surface area contributed by atoms with Gasteiger partial charge in [0.25, 0.3) is 0 Å². The standard InChI is InChI=1S/C33H30O6S/c34-31(24-15-7-2-8-16-24)38-30-29(35-21-23-13-5-1-6-14-23)28-27(37-33(30)40-26-19-11-4-12-20-26)22-36-32(39-28)25-17-9-3-10-18-25/h1-20,27-30,32-33H,21-22H2/t27-,28-,29+,30-,32?,33+/m1/s1. The van der Waals surface area contributed by atoms with E-state index in [1.807, 2.05) is 109 Å². The Kier molecular flexibility index (Phi) is 8.56. The highest BCUT2D eigenvalue weighted by Crippen LogP contribution is 2.41. The minimum atomic E-state index is -0.752. The lowest BCUT2D eigenvalue weighted by Crippen LogP contribution is -2.62. The summed E-state index contributed by atoms with van der Waals surface area (Å²) in [5.41, 5.74) is 1.83. The molecule has 204 valence electrons. The van der Waals surface area contributed by atoms with Crippen LogP contribution in [0.3, 0.4) is 0 Å². The number of ether oxygens (including phenoxy) is 5. The average Bonchev–Trinajstić information content (AvgIpc) is 3.02. The second-order valence-electron chi connectivity index (χ2n) is 9.65. The van der Waals surface area contributed by atoms with Crippen LogP contribution in [0.4, 0.5) is 0 Å². The molecule has 4 aromatic rings. The average molecular weight is 555 g/mol.